The van der Waals surface area contributed by atoms with Crippen molar-refractivity contribution < 1.29 is 24.2 Å². The first-order valence-electron chi connectivity index (χ1n) is 11.0. The second-order valence-corrected chi connectivity index (χ2v) is 8.10. The second kappa shape index (κ2) is 8.98. The summed E-state index contributed by atoms with van der Waals surface area (Å²) >= 11 is 0. The highest BCUT2D eigenvalue weighted by atomic mass is 16.5. The number of amides is 1. The zero-order valence-corrected chi connectivity index (χ0v) is 19.2. The Bertz CT molecular complexity index is 1460. The summed E-state index contributed by atoms with van der Waals surface area (Å²) in [5.74, 6) is -1.01. The van der Waals surface area contributed by atoms with E-state index in [-0.39, 0.29) is 23.4 Å². The van der Waals surface area contributed by atoms with Gasteiger partial charge in [-0.2, -0.15) is 0 Å². The Morgan fingerprint density at radius 2 is 1.86 bits per heavy atom. The molecule has 1 saturated heterocycles. The zero-order chi connectivity index (χ0) is 24.5. The summed E-state index contributed by atoms with van der Waals surface area (Å²) in [6.07, 6.45) is 3.40. The van der Waals surface area contributed by atoms with Crippen LogP contribution in [0.15, 0.2) is 78.6 Å². The van der Waals surface area contributed by atoms with E-state index in [4.69, 9.17) is 9.47 Å². The van der Waals surface area contributed by atoms with Crippen LogP contribution in [-0.4, -0.2) is 45.9 Å². The molecule has 176 valence electrons. The van der Waals surface area contributed by atoms with Gasteiger partial charge in [-0.3, -0.25) is 14.6 Å². The van der Waals surface area contributed by atoms with E-state index >= 15 is 0 Å². The zero-order valence-electron chi connectivity index (χ0n) is 19.2. The Morgan fingerprint density at radius 1 is 1.06 bits per heavy atom. The van der Waals surface area contributed by atoms with E-state index < -0.39 is 17.7 Å². The van der Waals surface area contributed by atoms with Gasteiger partial charge in [-0.15, -0.1) is 0 Å². The molecule has 0 spiro atoms. The fourth-order valence-corrected chi connectivity index (χ4v) is 4.50. The number of rotatable bonds is 6. The Morgan fingerprint density at radius 3 is 2.60 bits per heavy atom. The van der Waals surface area contributed by atoms with Gasteiger partial charge in [-0.25, -0.2) is 0 Å². The highest BCUT2D eigenvalue weighted by Gasteiger charge is 2.47. The maximum Gasteiger partial charge on any atom is 0.296 e. The van der Waals surface area contributed by atoms with E-state index in [1.807, 2.05) is 30.3 Å². The van der Waals surface area contributed by atoms with Crippen molar-refractivity contribution in [2.75, 3.05) is 14.2 Å². The van der Waals surface area contributed by atoms with Gasteiger partial charge >= 0.3 is 0 Å². The van der Waals surface area contributed by atoms with Gasteiger partial charge in [-0.1, -0.05) is 24.3 Å². The second-order valence-electron chi connectivity index (χ2n) is 8.10. The molecule has 4 aromatic rings. The molecule has 2 N–H and O–H groups in total. The molecule has 0 saturated carbocycles. The molecule has 8 nitrogen and oxygen atoms in total. The van der Waals surface area contributed by atoms with Crippen LogP contribution in [0.4, 0.5) is 0 Å². The molecule has 3 heterocycles. The van der Waals surface area contributed by atoms with Crippen molar-refractivity contribution >= 4 is 28.4 Å². The SMILES string of the molecule is COc1ccc(OC)c(/C(O)=C2\C(=O)C(=O)N(Cc3ccccn3)C2c2c[nH]c3ccccc23)c1. The molecule has 1 aliphatic rings. The third-order valence-electron chi connectivity index (χ3n) is 6.18. The Kier molecular flexibility index (Phi) is 5.70. The number of nitrogens with zero attached hydrogens (tertiary/aromatic N) is 2. The number of ether oxygens (including phenoxy) is 2. The van der Waals surface area contributed by atoms with E-state index in [1.54, 1.807) is 42.7 Å². The number of aromatic nitrogens is 2. The summed E-state index contributed by atoms with van der Waals surface area (Å²) < 4.78 is 10.7. The fourth-order valence-electron chi connectivity index (χ4n) is 4.50. The first kappa shape index (κ1) is 22.2. The van der Waals surface area contributed by atoms with Gasteiger partial charge in [0, 0.05) is 28.9 Å². The van der Waals surface area contributed by atoms with E-state index in [0.29, 0.717) is 22.8 Å². The number of carbonyl (C=O) groups is 2. The van der Waals surface area contributed by atoms with Gasteiger partial charge in [0.15, 0.2) is 0 Å². The number of Topliss-reactive ketones (excluding diaryl/α,β-unsaturated/α-hetero) is 1. The molecule has 0 aliphatic carbocycles. The van der Waals surface area contributed by atoms with Crippen molar-refractivity contribution in [1.82, 2.24) is 14.9 Å². The van der Waals surface area contributed by atoms with Crippen LogP contribution in [0.3, 0.4) is 0 Å². The molecule has 1 aliphatic heterocycles. The average molecular weight is 469 g/mol. The van der Waals surface area contributed by atoms with Crippen LogP contribution in [0.1, 0.15) is 22.9 Å². The highest BCUT2D eigenvalue weighted by molar-refractivity contribution is 6.46. The molecular formula is C27H23N3O5. The number of H-pyrrole nitrogens is 1. The summed E-state index contributed by atoms with van der Waals surface area (Å²) in [5, 5.41) is 12.3. The summed E-state index contributed by atoms with van der Waals surface area (Å²) in [4.78, 5) is 35.7. The fraction of sp³-hybridized carbons (Fsp3) is 0.148. The molecule has 0 radical (unpaired) electrons. The number of hydrogen-bond donors (Lipinski definition) is 2. The molecule has 2 aromatic heterocycles. The van der Waals surface area contributed by atoms with Crippen molar-refractivity contribution in [2.45, 2.75) is 12.6 Å². The lowest BCUT2D eigenvalue weighted by Crippen LogP contribution is -2.29. The van der Waals surface area contributed by atoms with E-state index in [2.05, 4.69) is 9.97 Å². The molecule has 5 rings (SSSR count). The number of aliphatic hydroxyl groups is 1. The highest BCUT2D eigenvalue weighted by Crippen LogP contribution is 2.44. The van der Waals surface area contributed by atoms with E-state index in [1.165, 1.54) is 19.1 Å². The predicted octanol–water partition coefficient (Wildman–Crippen LogP) is 4.20. The Balaban J connectivity index is 1.74. The van der Waals surface area contributed by atoms with Crippen molar-refractivity contribution in [1.29, 1.82) is 0 Å². The van der Waals surface area contributed by atoms with Crippen molar-refractivity contribution in [3.8, 4) is 11.5 Å². The molecule has 1 fully saturated rings. The van der Waals surface area contributed by atoms with Crippen molar-refractivity contribution in [3.63, 3.8) is 0 Å². The van der Waals surface area contributed by atoms with Crippen molar-refractivity contribution in [2.24, 2.45) is 0 Å². The minimum Gasteiger partial charge on any atom is -0.507 e. The first-order chi connectivity index (χ1) is 17.0. The lowest BCUT2D eigenvalue weighted by atomic mass is 9.94. The van der Waals surface area contributed by atoms with Gasteiger partial charge in [-0.05, 0) is 36.4 Å². The maximum atomic E-state index is 13.4. The summed E-state index contributed by atoms with van der Waals surface area (Å²) in [6, 6.07) is 17.1. The predicted molar refractivity (Wildman–Crippen MR) is 130 cm³/mol. The number of likely N-dealkylation sites (tertiary alicyclic amines) is 1. The number of fused-ring (bicyclic) bond motifs is 1. The number of hydrogen-bond acceptors (Lipinski definition) is 6. The van der Waals surface area contributed by atoms with E-state index in [9.17, 15) is 14.7 Å². The van der Waals surface area contributed by atoms with E-state index in [0.717, 1.165) is 10.9 Å². The molecule has 35 heavy (non-hydrogen) atoms. The maximum absolute atomic E-state index is 13.4. The van der Waals surface area contributed by atoms with Gasteiger partial charge in [0.2, 0.25) is 0 Å². The average Bonchev–Trinajstić information content (AvgIpc) is 3.43. The van der Waals surface area contributed by atoms with Crippen molar-refractivity contribution in [3.05, 3.63) is 95.5 Å². The third-order valence-corrected chi connectivity index (χ3v) is 6.18. The summed E-state index contributed by atoms with van der Waals surface area (Å²) in [6.45, 7) is 0.0988. The van der Waals surface area contributed by atoms with Gasteiger partial charge in [0.1, 0.15) is 17.3 Å². The number of para-hydroxylation sites is 1. The number of carbonyl (C=O) groups excluding carboxylic acids is 2. The largest absolute Gasteiger partial charge is 0.507 e. The smallest absolute Gasteiger partial charge is 0.296 e. The van der Waals surface area contributed by atoms with Crippen LogP contribution in [0, 0.1) is 0 Å². The lowest BCUT2D eigenvalue weighted by Gasteiger charge is -2.24. The number of benzene rings is 2. The third kappa shape index (κ3) is 3.78. The lowest BCUT2D eigenvalue weighted by molar-refractivity contribution is -0.140. The molecule has 8 heteroatoms. The quantitative estimate of drug-likeness (QED) is 0.249. The van der Waals surface area contributed by atoms with Gasteiger partial charge in [0.05, 0.1) is 43.6 Å². The number of pyridine rings is 1. The minimum atomic E-state index is -0.843. The van der Waals surface area contributed by atoms with Crippen LogP contribution in [0.5, 0.6) is 11.5 Å². The first-order valence-corrected chi connectivity index (χ1v) is 11.0. The minimum absolute atomic E-state index is 0.0257. The number of nitrogens with one attached hydrogen (secondary N) is 1. The molecule has 1 unspecified atom stereocenters. The molecule has 2 aromatic carbocycles. The summed E-state index contributed by atoms with van der Waals surface area (Å²) in [7, 11) is 2.97. The van der Waals surface area contributed by atoms with Crippen LogP contribution in [0.25, 0.3) is 16.7 Å². The van der Waals surface area contributed by atoms with Crippen LogP contribution < -0.4 is 9.47 Å². The summed E-state index contributed by atoms with van der Waals surface area (Å²) in [5.41, 5.74) is 2.40. The number of aliphatic hydroxyl groups excluding tert-OH is 1. The molecule has 1 amide bonds. The Labute approximate surface area is 201 Å². The monoisotopic (exact) mass is 469 g/mol. The number of aromatic amines is 1. The van der Waals surface area contributed by atoms with Gasteiger partial charge in [0.25, 0.3) is 11.7 Å². The Hall–Kier alpha value is -4.59. The standard InChI is InChI=1S/C27H23N3O5/c1-34-17-10-11-22(35-2)19(13-17)25(31)23-24(20-14-29-21-9-4-3-8-18(20)21)30(27(33)26(23)32)15-16-7-5-6-12-28-16/h3-14,24,29,31H,15H2,1-2H3/b25-23+. The molecule has 1 atom stereocenters. The normalized spacial score (nSPS) is 17.2. The number of ketones is 1. The van der Waals surface area contributed by atoms with Crippen LogP contribution in [-0.2, 0) is 16.1 Å². The van der Waals surface area contributed by atoms with Gasteiger partial charge < -0.3 is 24.5 Å². The molecule has 0 bridgehead atoms. The topological polar surface area (TPSA) is 105 Å². The van der Waals surface area contributed by atoms with Crippen LogP contribution >= 0.6 is 0 Å². The number of methoxy groups -OCH3 is 2. The van der Waals surface area contributed by atoms with Crippen LogP contribution in [0.2, 0.25) is 0 Å². The molecular weight excluding hydrogens is 446 g/mol.